The zero-order valence-corrected chi connectivity index (χ0v) is 18.8. The second-order valence-electron chi connectivity index (χ2n) is 8.26. The molecule has 3 rings (SSSR count). The molecule has 2 N–H and O–H groups in total. The summed E-state index contributed by atoms with van der Waals surface area (Å²) in [6.07, 6.45) is 0. The summed E-state index contributed by atoms with van der Waals surface area (Å²) in [5.41, 5.74) is 3.39. The van der Waals surface area contributed by atoms with E-state index in [1.54, 1.807) is 12.1 Å². The van der Waals surface area contributed by atoms with E-state index in [4.69, 9.17) is 0 Å². The molecule has 0 unspecified atom stereocenters. The molecule has 0 aromatic heterocycles. The SMILES string of the molecule is Cc1ccccc1CNC(=O)C[NH+]1CCN(S(=O)(=O)c2ccc(C(C)C)cc2)CC1. The van der Waals surface area contributed by atoms with E-state index in [1.165, 1.54) is 4.31 Å². The number of benzene rings is 2. The van der Waals surface area contributed by atoms with Crippen molar-refractivity contribution in [1.29, 1.82) is 0 Å². The minimum absolute atomic E-state index is 0.00571. The molecule has 1 aliphatic rings. The van der Waals surface area contributed by atoms with Crippen LogP contribution in [0.5, 0.6) is 0 Å². The maximum atomic E-state index is 12.9. The number of amides is 1. The van der Waals surface area contributed by atoms with Crippen LogP contribution < -0.4 is 10.2 Å². The molecule has 0 bridgehead atoms. The molecule has 1 amide bonds. The summed E-state index contributed by atoms with van der Waals surface area (Å²) >= 11 is 0. The molecule has 30 heavy (non-hydrogen) atoms. The van der Waals surface area contributed by atoms with Crippen molar-refractivity contribution in [3.8, 4) is 0 Å². The third kappa shape index (κ3) is 5.47. The molecule has 2 aromatic carbocycles. The number of rotatable bonds is 7. The second-order valence-corrected chi connectivity index (χ2v) is 10.2. The molecule has 0 spiro atoms. The average molecular weight is 431 g/mol. The average Bonchev–Trinajstić information content (AvgIpc) is 2.73. The predicted octanol–water partition coefficient (Wildman–Crippen LogP) is 1.32. The van der Waals surface area contributed by atoms with Gasteiger partial charge < -0.3 is 10.2 Å². The van der Waals surface area contributed by atoms with E-state index in [1.807, 2.05) is 43.3 Å². The topological polar surface area (TPSA) is 70.9 Å². The molecule has 2 aromatic rings. The lowest BCUT2D eigenvalue weighted by molar-refractivity contribution is -0.895. The Hall–Kier alpha value is -2.22. The Morgan fingerprint density at radius 2 is 1.70 bits per heavy atom. The van der Waals surface area contributed by atoms with Crippen LogP contribution in [0.15, 0.2) is 53.4 Å². The van der Waals surface area contributed by atoms with Crippen molar-refractivity contribution in [2.75, 3.05) is 32.7 Å². The van der Waals surface area contributed by atoms with E-state index in [0.29, 0.717) is 50.1 Å². The van der Waals surface area contributed by atoms with Gasteiger partial charge in [0.1, 0.15) is 0 Å². The van der Waals surface area contributed by atoms with E-state index >= 15 is 0 Å². The van der Waals surface area contributed by atoms with Crippen LogP contribution in [0, 0.1) is 6.92 Å². The van der Waals surface area contributed by atoms with Crippen molar-refractivity contribution >= 4 is 15.9 Å². The normalized spacial score (nSPS) is 16.0. The molecular weight excluding hydrogens is 398 g/mol. The van der Waals surface area contributed by atoms with Gasteiger partial charge in [0.15, 0.2) is 6.54 Å². The van der Waals surface area contributed by atoms with Crippen LogP contribution in [0.3, 0.4) is 0 Å². The van der Waals surface area contributed by atoms with Crippen molar-refractivity contribution in [2.45, 2.75) is 38.1 Å². The van der Waals surface area contributed by atoms with E-state index in [0.717, 1.165) is 21.6 Å². The first-order valence-corrected chi connectivity index (χ1v) is 12.0. The number of carbonyl (C=O) groups is 1. The Kier molecular flexibility index (Phi) is 7.28. The van der Waals surface area contributed by atoms with Gasteiger partial charge in [-0.2, -0.15) is 4.31 Å². The Morgan fingerprint density at radius 1 is 1.07 bits per heavy atom. The smallest absolute Gasteiger partial charge is 0.275 e. The van der Waals surface area contributed by atoms with Gasteiger partial charge in [-0.25, -0.2) is 8.42 Å². The maximum absolute atomic E-state index is 12.9. The van der Waals surface area contributed by atoms with Crippen LogP contribution >= 0.6 is 0 Å². The highest BCUT2D eigenvalue weighted by atomic mass is 32.2. The van der Waals surface area contributed by atoms with Crippen molar-refractivity contribution < 1.29 is 18.1 Å². The van der Waals surface area contributed by atoms with E-state index in [9.17, 15) is 13.2 Å². The monoisotopic (exact) mass is 430 g/mol. The molecule has 162 valence electrons. The summed E-state index contributed by atoms with van der Waals surface area (Å²) in [5, 5.41) is 2.98. The number of piperazine rings is 1. The van der Waals surface area contributed by atoms with Gasteiger partial charge in [-0.3, -0.25) is 4.79 Å². The highest BCUT2D eigenvalue weighted by Crippen LogP contribution is 2.20. The fourth-order valence-electron chi connectivity index (χ4n) is 3.69. The van der Waals surface area contributed by atoms with Gasteiger partial charge in [-0.15, -0.1) is 0 Å². The second kappa shape index (κ2) is 9.73. The quantitative estimate of drug-likeness (QED) is 0.696. The van der Waals surface area contributed by atoms with Crippen LogP contribution in [0.4, 0.5) is 0 Å². The molecule has 0 saturated carbocycles. The fourth-order valence-corrected chi connectivity index (χ4v) is 5.13. The fraction of sp³-hybridized carbons (Fsp3) is 0.435. The molecule has 1 aliphatic heterocycles. The van der Waals surface area contributed by atoms with Crippen molar-refractivity contribution in [1.82, 2.24) is 9.62 Å². The minimum atomic E-state index is -3.49. The van der Waals surface area contributed by atoms with E-state index in [-0.39, 0.29) is 5.91 Å². The lowest BCUT2D eigenvalue weighted by Gasteiger charge is -2.31. The number of sulfonamides is 1. The zero-order chi connectivity index (χ0) is 21.7. The third-order valence-corrected chi connectivity index (χ3v) is 7.67. The van der Waals surface area contributed by atoms with Gasteiger partial charge in [0.2, 0.25) is 10.0 Å². The molecule has 1 saturated heterocycles. The molecule has 1 fully saturated rings. The third-order valence-electron chi connectivity index (χ3n) is 5.76. The lowest BCUT2D eigenvalue weighted by atomic mass is 10.0. The van der Waals surface area contributed by atoms with Crippen LogP contribution in [0.2, 0.25) is 0 Å². The number of nitrogens with one attached hydrogen (secondary N) is 2. The summed E-state index contributed by atoms with van der Waals surface area (Å²) in [6, 6.07) is 15.2. The summed E-state index contributed by atoms with van der Waals surface area (Å²) in [4.78, 5) is 13.8. The van der Waals surface area contributed by atoms with Crippen LogP contribution in [-0.4, -0.2) is 51.4 Å². The van der Waals surface area contributed by atoms with Crippen molar-refractivity contribution in [3.05, 3.63) is 65.2 Å². The first-order valence-electron chi connectivity index (χ1n) is 10.5. The maximum Gasteiger partial charge on any atom is 0.275 e. The number of carbonyl (C=O) groups excluding carboxylic acids is 1. The predicted molar refractivity (Wildman–Crippen MR) is 118 cm³/mol. The number of hydrogen-bond donors (Lipinski definition) is 2. The largest absolute Gasteiger partial charge is 0.347 e. The molecule has 0 radical (unpaired) electrons. The van der Waals surface area contributed by atoms with E-state index in [2.05, 4.69) is 19.2 Å². The first kappa shape index (κ1) is 22.5. The standard InChI is InChI=1S/C23H31N3O3S/c1-18(2)20-8-10-22(11-9-20)30(28,29)26-14-12-25(13-15-26)17-23(27)24-16-21-7-5-4-6-19(21)3/h4-11,18H,12-17H2,1-3H3,(H,24,27)/p+1. The first-order chi connectivity index (χ1) is 14.3. The van der Waals surface area contributed by atoms with Gasteiger partial charge in [0, 0.05) is 6.54 Å². The summed E-state index contributed by atoms with van der Waals surface area (Å²) < 4.78 is 27.4. The molecule has 0 aliphatic carbocycles. The van der Waals surface area contributed by atoms with Crippen LogP contribution in [0.1, 0.15) is 36.5 Å². The lowest BCUT2D eigenvalue weighted by Crippen LogP contribution is -3.15. The van der Waals surface area contributed by atoms with Crippen LogP contribution in [-0.2, 0) is 21.4 Å². The number of aryl methyl sites for hydroxylation is 1. The Balaban J connectivity index is 1.50. The Bertz CT molecular complexity index is 963. The van der Waals surface area contributed by atoms with Gasteiger partial charge in [-0.05, 0) is 41.7 Å². The van der Waals surface area contributed by atoms with Gasteiger partial charge in [0.25, 0.3) is 5.91 Å². The number of hydrogen-bond acceptors (Lipinski definition) is 3. The number of quaternary nitrogens is 1. The van der Waals surface area contributed by atoms with Crippen molar-refractivity contribution in [2.24, 2.45) is 0 Å². The highest BCUT2D eigenvalue weighted by Gasteiger charge is 2.31. The molecular formula is C23H32N3O3S+. The Labute approximate surface area is 179 Å². The summed E-state index contributed by atoms with van der Waals surface area (Å²) in [7, 11) is -3.49. The molecule has 1 heterocycles. The van der Waals surface area contributed by atoms with E-state index < -0.39 is 10.0 Å². The highest BCUT2D eigenvalue weighted by molar-refractivity contribution is 7.89. The molecule has 0 atom stereocenters. The Morgan fingerprint density at radius 3 is 2.30 bits per heavy atom. The van der Waals surface area contributed by atoms with Crippen molar-refractivity contribution in [3.63, 3.8) is 0 Å². The van der Waals surface area contributed by atoms with Crippen LogP contribution in [0.25, 0.3) is 0 Å². The molecule has 6 nitrogen and oxygen atoms in total. The van der Waals surface area contributed by atoms with Gasteiger partial charge >= 0.3 is 0 Å². The summed E-state index contributed by atoms with van der Waals surface area (Å²) in [5.74, 6) is 0.361. The van der Waals surface area contributed by atoms with Gasteiger partial charge in [-0.1, -0.05) is 50.2 Å². The molecule has 7 heteroatoms. The van der Waals surface area contributed by atoms with Gasteiger partial charge in [0.05, 0.1) is 31.1 Å². The number of nitrogens with zero attached hydrogens (tertiary/aromatic N) is 1. The summed E-state index contributed by atoms with van der Waals surface area (Å²) in [6.45, 7) is 9.19. The zero-order valence-electron chi connectivity index (χ0n) is 18.0. The minimum Gasteiger partial charge on any atom is -0.347 e.